The van der Waals surface area contributed by atoms with E-state index >= 15 is 0 Å². The van der Waals surface area contributed by atoms with Gasteiger partial charge >= 0.3 is 6.18 Å². The minimum atomic E-state index is -4.62. The Morgan fingerprint density at radius 1 is 0.981 bits per heavy atom. The van der Waals surface area contributed by atoms with E-state index in [1.54, 1.807) is 63.6 Å². The molecule has 1 amide bonds. The normalized spacial score (nSPS) is 17.4. The number of halogens is 3. The predicted molar refractivity (Wildman–Crippen MR) is 195 cm³/mol. The Hall–Kier alpha value is -5.20. The van der Waals surface area contributed by atoms with Crippen LogP contribution >= 0.6 is 0 Å². The molecule has 53 heavy (non-hydrogen) atoms. The minimum absolute atomic E-state index is 0.0304. The highest BCUT2D eigenvalue weighted by atomic mass is 19.4. The largest absolute Gasteiger partial charge is 0.493 e. The fourth-order valence-electron chi connectivity index (χ4n) is 7.06. The van der Waals surface area contributed by atoms with Crippen molar-refractivity contribution >= 4 is 39.1 Å². The molecule has 9 nitrogen and oxygen atoms in total. The molecule has 12 heteroatoms. The Balaban J connectivity index is 1.10. The fourth-order valence-corrected chi connectivity index (χ4v) is 7.06. The quantitative estimate of drug-likeness (QED) is 0.135. The number of morpholine rings is 1. The van der Waals surface area contributed by atoms with E-state index in [2.05, 4.69) is 15.2 Å². The summed E-state index contributed by atoms with van der Waals surface area (Å²) in [5.41, 5.74) is -0.222. The summed E-state index contributed by atoms with van der Waals surface area (Å²) in [6.07, 6.45) is -1.64. The number of fused-ring (bicyclic) bond motifs is 2. The number of benzene rings is 4. The second kappa shape index (κ2) is 14.7. The van der Waals surface area contributed by atoms with Gasteiger partial charge in [-0.25, -0.2) is 0 Å². The summed E-state index contributed by atoms with van der Waals surface area (Å²) in [6, 6.07) is 18.9. The summed E-state index contributed by atoms with van der Waals surface area (Å²) in [5.74, 6) is 0.900. The highest BCUT2D eigenvalue weighted by Crippen LogP contribution is 2.49. The lowest BCUT2D eigenvalue weighted by molar-refractivity contribution is -0.138. The van der Waals surface area contributed by atoms with Crippen molar-refractivity contribution in [3.8, 4) is 23.0 Å². The van der Waals surface area contributed by atoms with Gasteiger partial charge in [-0.2, -0.15) is 13.2 Å². The van der Waals surface area contributed by atoms with E-state index in [0.29, 0.717) is 63.3 Å². The highest BCUT2D eigenvalue weighted by molar-refractivity contribution is 6.13. The van der Waals surface area contributed by atoms with Crippen molar-refractivity contribution in [3.05, 3.63) is 95.7 Å². The summed E-state index contributed by atoms with van der Waals surface area (Å²) in [5, 5.41) is 4.65. The Labute approximate surface area is 305 Å². The molecule has 0 radical (unpaired) electrons. The molecule has 0 spiro atoms. The number of hydrogen-bond donors (Lipinski definition) is 1. The van der Waals surface area contributed by atoms with Crippen LogP contribution in [0.25, 0.3) is 21.7 Å². The van der Waals surface area contributed by atoms with Crippen LogP contribution in [-0.4, -0.2) is 68.1 Å². The molecular formula is C41H40F3N3O6. The number of nitrogens with zero attached hydrogens (tertiary/aromatic N) is 2. The molecule has 276 valence electrons. The van der Waals surface area contributed by atoms with Gasteiger partial charge in [-0.1, -0.05) is 32.0 Å². The average Bonchev–Trinajstić information content (AvgIpc) is 3.15. The monoisotopic (exact) mass is 727 g/mol. The zero-order valence-corrected chi connectivity index (χ0v) is 29.7. The summed E-state index contributed by atoms with van der Waals surface area (Å²) in [6.45, 7) is 8.40. The number of ether oxygens (including phenoxy) is 4. The molecule has 1 saturated carbocycles. The lowest BCUT2D eigenvalue weighted by Crippen LogP contribution is -2.43. The fraction of sp³-hybridized carbons (Fsp3) is 0.341. The first-order valence-corrected chi connectivity index (χ1v) is 17.6. The van der Waals surface area contributed by atoms with Gasteiger partial charge in [0.05, 0.1) is 38.0 Å². The number of nitrogens with one attached hydrogen (secondary N) is 1. The maximum Gasteiger partial charge on any atom is 0.416 e. The Morgan fingerprint density at radius 3 is 2.53 bits per heavy atom. The maximum atomic E-state index is 13.7. The van der Waals surface area contributed by atoms with E-state index in [1.807, 2.05) is 18.2 Å². The Morgan fingerprint density at radius 2 is 1.79 bits per heavy atom. The van der Waals surface area contributed by atoms with E-state index in [1.165, 1.54) is 6.07 Å². The molecule has 2 aliphatic rings. The molecule has 1 unspecified atom stereocenters. The molecule has 5 aromatic rings. The zero-order valence-electron chi connectivity index (χ0n) is 29.7. The summed E-state index contributed by atoms with van der Waals surface area (Å²) in [7, 11) is 1.58. The van der Waals surface area contributed by atoms with Crippen LogP contribution < -0.4 is 19.5 Å². The van der Waals surface area contributed by atoms with Crippen molar-refractivity contribution in [2.45, 2.75) is 38.8 Å². The Kier molecular flexibility index (Phi) is 10.0. The van der Waals surface area contributed by atoms with Gasteiger partial charge in [0.15, 0.2) is 11.5 Å². The third kappa shape index (κ3) is 7.65. The van der Waals surface area contributed by atoms with Crippen LogP contribution in [0.5, 0.6) is 23.0 Å². The topological polar surface area (TPSA) is 99.2 Å². The van der Waals surface area contributed by atoms with Crippen LogP contribution in [-0.2, 0) is 15.7 Å². The summed E-state index contributed by atoms with van der Waals surface area (Å²) >= 11 is 0. The van der Waals surface area contributed by atoms with Crippen molar-refractivity contribution in [3.63, 3.8) is 0 Å². The van der Waals surface area contributed by atoms with Crippen molar-refractivity contribution in [1.29, 1.82) is 0 Å². The SMILES string of the molecule is COc1cc2c(Oc3ccc4c(C(=O)Nc5cc(C(F)(F)F)ccc5C5CC(C)(C)C5=O)cccc4c3)ccnc2cc1OCCCN1CCOCC1. The molecule has 2 heterocycles. The number of pyridine rings is 1. The second-order valence-electron chi connectivity index (χ2n) is 14.0. The van der Waals surface area contributed by atoms with Crippen LogP contribution in [0.4, 0.5) is 18.9 Å². The highest BCUT2D eigenvalue weighted by Gasteiger charge is 2.48. The molecule has 1 aliphatic carbocycles. The predicted octanol–water partition coefficient (Wildman–Crippen LogP) is 8.64. The molecule has 1 aromatic heterocycles. The van der Waals surface area contributed by atoms with Gasteiger partial charge in [-0.15, -0.1) is 0 Å². The molecule has 1 saturated heterocycles. The molecule has 0 bridgehead atoms. The van der Waals surface area contributed by atoms with E-state index in [0.717, 1.165) is 51.4 Å². The lowest BCUT2D eigenvalue weighted by atomic mass is 9.60. The smallest absolute Gasteiger partial charge is 0.416 e. The minimum Gasteiger partial charge on any atom is -0.493 e. The van der Waals surface area contributed by atoms with Crippen molar-refractivity contribution in [2.24, 2.45) is 5.41 Å². The molecule has 7 rings (SSSR count). The lowest BCUT2D eigenvalue weighted by Gasteiger charge is -2.41. The molecule has 1 aliphatic heterocycles. The number of ketones is 1. The van der Waals surface area contributed by atoms with Gasteiger partial charge in [-0.3, -0.25) is 19.5 Å². The number of anilines is 1. The van der Waals surface area contributed by atoms with Gasteiger partial charge in [-0.05, 0) is 77.7 Å². The number of methoxy groups -OCH3 is 1. The van der Waals surface area contributed by atoms with Crippen molar-refractivity contribution in [2.75, 3.05) is 51.9 Å². The first-order valence-electron chi connectivity index (χ1n) is 17.6. The third-order valence-corrected chi connectivity index (χ3v) is 9.99. The number of alkyl halides is 3. The van der Waals surface area contributed by atoms with Gasteiger partial charge in [0.2, 0.25) is 0 Å². The number of carbonyl (C=O) groups is 2. The number of carbonyl (C=O) groups excluding carboxylic acids is 2. The maximum absolute atomic E-state index is 13.7. The second-order valence-corrected chi connectivity index (χ2v) is 14.0. The number of rotatable bonds is 11. The molecule has 4 aromatic carbocycles. The van der Waals surface area contributed by atoms with Crippen LogP contribution in [0.15, 0.2) is 79.0 Å². The number of amides is 1. The van der Waals surface area contributed by atoms with Crippen LogP contribution in [0, 0.1) is 5.41 Å². The zero-order chi connectivity index (χ0) is 37.3. The van der Waals surface area contributed by atoms with Crippen LogP contribution in [0.3, 0.4) is 0 Å². The number of hydrogen-bond acceptors (Lipinski definition) is 8. The van der Waals surface area contributed by atoms with E-state index in [4.69, 9.17) is 18.9 Å². The van der Waals surface area contributed by atoms with E-state index in [-0.39, 0.29) is 17.0 Å². The summed E-state index contributed by atoms with van der Waals surface area (Å²) < 4.78 is 64.6. The van der Waals surface area contributed by atoms with E-state index < -0.39 is 29.0 Å². The van der Waals surface area contributed by atoms with Gasteiger partial charge in [0.1, 0.15) is 17.3 Å². The molecule has 1 N–H and O–H groups in total. The third-order valence-electron chi connectivity index (χ3n) is 9.99. The first kappa shape index (κ1) is 36.2. The van der Waals surface area contributed by atoms with Gasteiger partial charge in [0, 0.05) is 59.9 Å². The summed E-state index contributed by atoms with van der Waals surface area (Å²) in [4.78, 5) is 33.4. The number of aromatic nitrogens is 1. The Bertz CT molecular complexity index is 2180. The molecule has 2 fully saturated rings. The average molecular weight is 728 g/mol. The standard InChI is InChI=1S/C41H40F3N3O6/c1-40(2)24-32(38(40)48)29-10-8-26(41(42,43)44)21-34(29)46-39(49)30-7-4-6-25-20-27(9-11-28(25)30)53-35-12-13-45-33-23-37(36(50-3)22-31(33)35)52-17-5-14-47-15-18-51-19-16-47/h4,6-13,20-23,32H,5,14-19,24H2,1-3H3,(H,46,49). The first-order chi connectivity index (χ1) is 25.4. The molecular weight excluding hydrogens is 687 g/mol. The van der Waals surface area contributed by atoms with Crippen molar-refractivity contribution in [1.82, 2.24) is 9.88 Å². The van der Waals surface area contributed by atoms with Gasteiger partial charge < -0.3 is 24.3 Å². The van der Waals surface area contributed by atoms with Gasteiger partial charge in [0.25, 0.3) is 5.91 Å². The van der Waals surface area contributed by atoms with E-state index in [9.17, 15) is 22.8 Å². The number of Topliss-reactive ketones (excluding diaryl/α,β-unsaturated/α-hetero) is 1. The van der Waals surface area contributed by atoms with Crippen molar-refractivity contribution < 1.29 is 41.7 Å². The van der Waals surface area contributed by atoms with Crippen LogP contribution in [0.2, 0.25) is 0 Å². The molecule has 1 atom stereocenters. The van der Waals surface area contributed by atoms with Crippen LogP contribution in [0.1, 0.15) is 54.1 Å².